The standard InChI is InChI=1S/C19H28BrN3O/c1-13-18(20)10-14-11-21-12-17(14)19(13)22-15-4-6-16(7-5-15)23(2)8-9-24-3/h10,12,15-16,22H,4-9,11H2,1-3H3. The number of ether oxygens (including phenoxy) is 1. The van der Waals surface area contributed by atoms with Crippen molar-refractivity contribution in [1.29, 1.82) is 0 Å². The Morgan fingerprint density at radius 3 is 2.79 bits per heavy atom. The van der Waals surface area contributed by atoms with E-state index in [2.05, 4.69) is 51.2 Å². The maximum absolute atomic E-state index is 5.20. The summed E-state index contributed by atoms with van der Waals surface area (Å²) in [5, 5.41) is 3.83. The largest absolute Gasteiger partial charge is 0.383 e. The Hall–Kier alpha value is -0.910. The average Bonchev–Trinajstić information content (AvgIpc) is 3.05. The number of aliphatic imine (C=N–C) groups is 1. The van der Waals surface area contributed by atoms with Gasteiger partial charge in [-0.3, -0.25) is 4.99 Å². The van der Waals surface area contributed by atoms with E-state index >= 15 is 0 Å². The Morgan fingerprint density at radius 2 is 2.08 bits per heavy atom. The Bertz CT molecular complexity index is 609. The van der Waals surface area contributed by atoms with Crippen LogP contribution in [-0.2, 0) is 11.3 Å². The molecule has 4 nitrogen and oxygen atoms in total. The molecule has 0 aromatic heterocycles. The zero-order valence-corrected chi connectivity index (χ0v) is 16.5. The van der Waals surface area contributed by atoms with Gasteiger partial charge in [-0.1, -0.05) is 15.9 Å². The number of anilines is 1. The summed E-state index contributed by atoms with van der Waals surface area (Å²) >= 11 is 3.70. The lowest BCUT2D eigenvalue weighted by atomic mass is 9.89. The summed E-state index contributed by atoms with van der Waals surface area (Å²) in [7, 11) is 4.00. The van der Waals surface area contributed by atoms with Gasteiger partial charge < -0.3 is 15.0 Å². The number of nitrogens with zero attached hydrogens (tertiary/aromatic N) is 2. The Balaban J connectivity index is 1.62. The third-order valence-corrected chi connectivity index (χ3v) is 6.27. The first-order chi connectivity index (χ1) is 11.6. The first-order valence-electron chi connectivity index (χ1n) is 8.87. The Labute approximate surface area is 153 Å². The third-order valence-electron chi connectivity index (χ3n) is 5.45. The summed E-state index contributed by atoms with van der Waals surface area (Å²) in [4.78, 5) is 6.90. The predicted octanol–water partition coefficient (Wildman–Crippen LogP) is 3.99. The van der Waals surface area contributed by atoms with Crippen molar-refractivity contribution in [2.45, 2.75) is 51.2 Å². The van der Waals surface area contributed by atoms with E-state index in [1.54, 1.807) is 7.11 Å². The van der Waals surface area contributed by atoms with Gasteiger partial charge in [-0.15, -0.1) is 0 Å². The molecule has 1 saturated carbocycles. The molecule has 1 heterocycles. The second-order valence-electron chi connectivity index (χ2n) is 7.02. The van der Waals surface area contributed by atoms with Crippen molar-refractivity contribution >= 4 is 27.8 Å². The third kappa shape index (κ3) is 3.84. The molecule has 0 spiro atoms. The van der Waals surface area contributed by atoms with Gasteiger partial charge in [0, 0.05) is 47.7 Å². The first-order valence-corrected chi connectivity index (χ1v) is 9.67. The van der Waals surface area contributed by atoms with Gasteiger partial charge in [0.05, 0.1) is 13.2 Å². The first kappa shape index (κ1) is 17.9. The lowest BCUT2D eigenvalue weighted by Gasteiger charge is -2.35. The van der Waals surface area contributed by atoms with Crippen LogP contribution in [0.15, 0.2) is 15.5 Å². The van der Waals surface area contributed by atoms with Crippen LogP contribution < -0.4 is 5.32 Å². The maximum atomic E-state index is 5.20. The molecule has 0 amide bonds. The summed E-state index contributed by atoms with van der Waals surface area (Å²) in [5.41, 5.74) is 5.18. The van der Waals surface area contributed by atoms with E-state index < -0.39 is 0 Å². The van der Waals surface area contributed by atoms with Crippen LogP contribution in [0.3, 0.4) is 0 Å². The van der Waals surface area contributed by atoms with Gasteiger partial charge in [-0.05, 0) is 56.8 Å². The van der Waals surface area contributed by atoms with Crippen LogP contribution in [0.5, 0.6) is 0 Å². The highest BCUT2D eigenvalue weighted by molar-refractivity contribution is 9.10. The molecule has 2 aliphatic rings. The molecule has 0 radical (unpaired) electrons. The average molecular weight is 394 g/mol. The van der Waals surface area contributed by atoms with Crippen molar-refractivity contribution in [3.63, 3.8) is 0 Å². The smallest absolute Gasteiger partial charge is 0.0647 e. The Morgan fingerprint density at radius 1 is 1.33 bits per heavy atom. The molecule has 1 aromatic rings. The van der Waals surface area contributed by atoms with Gasteiger partial charge in [0.2, 0.25) is 0 Å². The lowest BCUT2D eigenvalue weighted by molar-refractivity contribution is 0.121. The molecular formula is C19H28BrN3O. The quantitative estimate of drug-likeness (QED) is 0.793. The molecule has 1 aromatic carbocycles. The molecule has 1 N–H and O–H groups in total. The predicted molar refractivity (Wildman–Crippen MR) is 104 cm³/mol. The molecule has 0 unspecified atom stereocenters. The molecule has 0 bridgehead atoms. The van der Waals surface area contributed by atoms with Crippen molar-refractivity contribution in [2.24, 2.45) is 4.99 Å². The second kappa shape index (κ2) is 7.98. The lowest BCUT2D eigenvalue weighted by Crippen LogP contribution is -2.39. The second-order valence-corrected chi connectivity index (χ2v) is 7.88. The van der Waals surface area contributed by atoms with E-state index in [0.29, 0.717) is 12.1 Å². The van der Waals surface area contributed by atoms with Crippen LogP contribution in [-0.4, -0.2) is 50.5 Å². The van der Waals surface area contributed by atoms with E-state index in [-0.39, 0.29) is 0 Å². The van der Waals surface area contributed by atoms with Crippen LogP contribution in [0.1, 0.15) is 42.4 Å². The minimum Gasteiger partial charge on any atom is -0.383 e. The SMILES string of the molecule is COCCN(C)C1CCC(Nc2c(C)c(Br)cc3c2C=NC3)CC1. The molecule has 3 rings (SSSR count). The Kier molecular flexibility index (Phi) is 5.95. The van der Waals surface area contributed by atoms with Crippen LogP contribution in [0.2, 0.25) is 0 Å². The molecule has 132 valence electrons. The molecule has 1 fully saturated rings. The number of benzene rings is 1. The number of rotatable bonds is 6. The van der Waals surface area contributed by atoms with Crippen molar-refractivity contribution in [1.82, 2.24) is 4.90 Å². The topological polar surface area (TPSA) is 36.9 Å². The van der Waals surface area contributed by atoms with Crippen LogP contribution in [0, 0.1) is 6.92 Å². The number of nitrogens with one attached hydrogen (secondary N) is 1. The summed E-state index contributed by atoms with van der Waals surface area (Å²) < 4.78 is 6.38. The van der Waals surface area contributed by atoms with Crippen LogP contribution >= 0.6 is 15.9 Å². The number of likely N-dealkylation sites (N-methyl/N-ethyl adjacent to an activating group) is 1. The van der Waals surface area contributed by atoms with Crippen molar-refractivity contribution in [3.8, 4) is 0 Å². The molecule has 0 saturated heterocycles. The minimum absolute atomic E-state index is 0.558. The zero-order valence-electron chi connectivity index (χ0n) is 14.9. The molecule has 5 heteroatoms. The van der Waals surface area contributed by atoms with Gasteiger partial charge in [0.1, 0.15) is 0 Å². The molecule has 24 heavy (non-hydrogen) atoms. The minimum atomic E-state index is 0.558. The van der Waals surface area contributed by atoms with E-state index in [0.717, 1.165) is 19.7 Å². The molecule has 1 aliphatic heterocycles. The highest BCUT2D eigenvalue weighted by Crippen LogP contribution is 2.35. The summed E-state index contributed by atoms with van der Waals surface area (Å²) in [6, 6.07) is 3.46. The molecular weight excluding hydrogens is 366 g/mol. The normalized spacial score (nSPS) is 22.9. The summed E-state index contributed by atoms with van der Waals surface area (Å²) in [6.45, 7) is 4.83. The van der Waals surface area contributed by atoms with Crippen molar-refractivity contribution in [3.05, 3.63) is 27.2 Å². The van der Waals surface area contributed by atoms with Crippen LogP contribution in [0.4, 0.5) is 5.69 Å². The van der Waals surface area contributed by atoms with E-state index in [1.807, 2.05) is 6.21 Å². The van der Waals surface area contributed by atoms with Crippen molar-refractivity contribution < 1.29 is 4.74 Å². The highest BCUT2D eigenvalue weighted by Gasteiger charge is 2.25. The van der Waals surface area contributed by atoms with E-state index in [4.69, 9.17) is 4.74 Å². The van der Waals surface area contributed by atoms with Gasteiger partial charge in [0.15, 0.2) is 0 Å². The van der Waals surface area contributed by atoms with Gasteiger partial charge in [0.25, 0.3) is 0 Å². The maximum Gasteiger partial charge on any atom is 0.0647 e. The number of halogens is 1. The molecule has 1 aliphatic carbocycles. The number of fused-ring (bicyclic) bond motifs is 1. The highest BCUT2D eigenvalue weighted by atomic mass is 79.9. The fourth-order valence-corrected chi connectivity index (χ4v) is 4.28. The number of hydrogen-bond donors (Lipinski definition) is 1. The zero-order chi connectivity index (χ0) is 17.1. The van der Waals surface area contributed by atoms with E-state index in [9.17, 15) is 0 Å². The fraction of sp³-hybridized carbons (Fsp3) is 0.632. The van der Waals surface area contributed by atoms with Crippen molar-refractivity contribution in [2.75, 3.05) is 32.6 Å². The van der Waals surface area contributed by atoms with Crippen LogP contribution in [0.25, 0.3) is 0 Å². The van der Waals surface area contributed by atoms with E-state index in [1.165, 1.54) is 52.5 Å². The van der Waals surface area contributed by atoms with Gasteiger partial charge in [-0.2, -0.15) is 0 Å². The summed E-state index contributed by atoms with van der Waals surface area (Å²) in [5.74, 6) is 0. The monoisotopic (exact) mass is 393 g/mol. The molecule has 0 atom stereocenters. The fourth-order valence-electron chi connectivity index (χ4n) is 3.80. The van der Waals surface area contributed by atoms with Gasteiger partial charge >= 0.3 is 0 Å². The summed E-state index contributed by atoms with van der Waals surface area (Å²) in [6.07, 6.45) is 6.98. The number of methoxy groups -OCH3 is 1. The number of hydrogen-bond acceptors (Lipinski definition) is 4. The van der Waals surface area contributed by atoms with Gasteiger partial charge in [-0.25, -0.2) is 0 Å².